The van der Waals surface area contributed by atoms with Gasteiger partial charge in [-0.05, 0) is 35.9 Å². The first-order chi connectivity index (χ1) is 8.15. The summed E-state index contributed by atoms with van der Waals surface area (Å²) in [6, 6.07) is 12.9. The van der Waals surface area contributed by atoms with Crippen molar-refractivity contribution in [1.82, 2.24) is 0 Å². The summed E-state index contributed by atoms with van der Waals surface area (Å²) in [5.41, 5.74) is 1.67. The van der Waals surface area contributed by atoms with Crippen LogP contribution >= 0.6 is 35.8 Å². The lowest BCUT2D eigenvalue weighted by Gasteiger charge is -1.99. The highest BCUT2D eigenvalue weighted by Crippen LogP contribution is 2.23. The van der Waals surface area contributed by atoms with Gasteiger partial charge in [0.15, 0.2) is 0 Å². The van der Waals surface area contributed by atoms with Gasteiger partial charge in [0.25, 0.3) is 0 Å². The second-order valence-electron chi connectivity index (χ2n) is 3.45. The van der Waals surface area contributed by atoms with Gasteiger partial charge < -0.3 is 0 Å². The van der Waals surface area contributed by atoms with Crippen molar-refractivity contribution in [2.24, 2.45) is 4.99 Å². The zero-order valence-corrected chi connectivity index (χ0v) is 11.2. The number of para-hydroxylation sites is 1. The molecule has 2 aromatic rings. The maximum Gasteiger partial charge on any atom is 0.0763 e. The van der Waals surface area contributed by atoms with Crippen molar-refractivity contribution < 1.29 is 0 Å². The molecule has 0 fully saturated rings. The predicted octanol–water partition coefficient (Wildman–Crippen LogP) is 5.03. The molecule has 0 saturated carbocycles. The summed E-state index contributed by atoms with van der Waals surface area (Å²) in [6.45, 7) is 0. The molecule has 86 valence electrons. The monoisotopic (exact) mass is 281 g/mol. The standard InChI is InChI=1S/C13H9Cl2NS/c14-10-5-9(6-11(15)7-10)8-16-12-3-1-2-4-13(12)17/h1-8,17H. The Labute approximate surface area is 116 Å². The molecule has 0 saturated heterocycles. The van der Waals surface area contributed by atoms with Gasteiger partial charge >= 0.3 is 0 Å². The van der Waals surface area contributed by atoms with Crippen molar-refractivity contribution >= 4 is 47.7 Å². The smallest absolute Gasteiger partial charge is 0.0763 e. The van der Waals surface area contributed by atoms with E-state index in [9.17, 15) is 0 Å². The molecule has 0 unspecified atom stereocenters. The minimum atomic E-state index is 0.595. The second-order valence-corrected chi connectivity index (χ2v) is 4.80. The molecular formula is C13H9Cl2NS. The molecule has 0 aliphatic rings. The number of rotatable bonds is 2. The Balaban J connectivity index is 2.29. The van der Waals surface area contributed by atoms with E-state index in [1.54, 1.807) is 24.4 Å². The van der Waals surface area contributed by atoms with E-state index in [1.807, 2.05) is 24.3 Å². The van der Waals surface area contributed by atoms with E-state index in [0.29, 0.717) is 10.0 Å². The molecule has 0 amide bonds. The molecule has 0 heterocycles. The largest absolute Gasteiger partial charge is 0.255 e. The first-order valence-corrected chi connectivity index (χ1v) is 6.13. The summed E-state index contributed by atoms with van der Waals surface area (Å²) >= 11 is 16.1. The summed E-state index contributed by atoms with van der Waals surface area (Å²) in [5.74, 6) is 0. The van der Waals surface area contributed by atoms with Crippen LogP contribution in [0.1, 0.15) is 5.56 Å². The van der Waals surface area contributed by atoms with Crippen molar-refractivity contribution in [3.8, 4) is 0 Å². The fourth-order valence-electron chi connectivity index (χ4n) is 1.37. The van der Waals surface area contributed by atoms with E-state index in [2.05, 4.69) is 17.6 Å². The molecule has 0 N–H and O–H groups in total. The molecular weight excluding hydrogens is 273 g/mol. The van der Waals surface area contributed by atoms with Crippen LogP contribution in [-0.4, -0.2) is 6.21 Å². The van der Waals surface area contributed by atoms with Gasteiger partial charge in [-0.25, -0.2) is 0 Å². The number of hydrogen-bond donors (Lipinski definition) is 1. The molecule has 2 aromatic carbocycles. The minimum Gasteiger partial charge on any atom is -0.255 e. The van der Waals surface area contributed by atoms with Crippen molar-refractivity contribution in [2.75, 3.05) is 0 Å². The summed E-state index contributed by atoms with van der Waals surface area (Å²) < 4.78 is 0. The number of thiol groups is 1. The quantitative estimate of drug-likeness (QED) is 0.585. The molecule has 1 nitrogen and oxygen atoms in total. The average Bonchev–Trinajstić information content (AvgIpc) is 2.27. The molecule has 0 aliphatic heterocycles. The van der Waals surface area contributed by atoms with E-state index in [4.69, 9.17) is 23.2 Å². The van der Waals surface area contributed by atoms with Gasteiger partial charge in [-0.1, -0.05) is 35.3 Å². The van der Waals surface area contributed by atoms with Gasteiger partial charge in [-0.3, -0.25) is 4.99 Å². The number of aliphatic imine (C=N–C) groups is 1. The van der Waals surface area contributed by atoms with Crippen molar-refractivity contribution in [3.05, 3.63) is 58.1 Å². The molecule has 0 atom stereocenters. The first kappa shape index (κ1) is 12.5. The zero-order valence-electron chi connectivity index (χ0n) is 8.77. The second kappa shape index (κ2) is 5.58. The first-order valence-electron chi connectivity index (χ1n) is 4.93. The van der Waals surface area contributed by atoms with E-state index >= 15 is 0 Å². The maximum atomic E-state index is 5.90. The summed E-state index contributed by atoms with van der Waals surface area (Å²) in [4.78, 5) is 5.17. The molecule has 0 aromatic heterocycles. The van der Waals surface area contributed by atoms with E-state index in [-0.39, 0.29) is 0 Å². The van der Waals surface area contributed by atoms with Crippen molar-refractivity contribution in [3.63, 3.8) is 0 Å². The highest BCUT2D eigenvalue weighted by atomic mass is 35.5. The summed E-state index contributed by atoms with van der Waals surface area (Å²) in [5, 5.41) is 1.19. The van der Waals surface area contributed by atoms with Crippen molar-refractivity contribution in [2.45, 2.75) is 4.90 Å². The molecule has 0 radical (unpaired) electrons. The van der Waals surface area contributed by atoms with Crippen LogP contribution in [0.5, 0.6) is 0 Å². The molecule has 4 heteroatoms. The van der Waals surface area contributed by atoms with Crippen LogP contribution in [0.25, 0.3) is 0 Å². The fraction of sp³-hybridized carbons (Fsp3) is 0. The number of halogens is 2. The normalized spacial score (nSPS) is 11.0. The van der Waals surface area contributed by atoms with E-state index < -0.39 is 0 Å². The van der Waals surface area contributed by atoms with Gasteiger partial charge in [-0.2, -0.15) is 0 Å². The Kier molecular flexibility index (Phi) is 4.11. The SMILES string of the molecule is Sc1ccccc1N=Cc1cc(Cl)cc(Cl)c1. The lowest BCUT2D eigenvalue weighted by atomic mass is 10.2. The van der Waals surface area contributed by atoms with Crippen LogP contribution in [0, 0.1) is 0 Å². The van der Waals surface area contributed by atoms with Crippen LogP contribution in [-0.2, 0) is 0 Å². The Morgan fingerprint density at radius 2 is 1.65 bits per heavy atom. The van der Waals surface area contributed by atoms with Crippen LogP contribution in [0.15, 0.2) is 52.4 Å². The molecule has 2 rings (SSSR count). The van der Waals surface area contributed by atoms with Gasteiger partial charge in [-0.15, -0.1) is 12.6 Å². The van der Waals surface area contributed by atoms with E-state index in [1.165, 1.54) is 0 Å². The number of hydrogen-bond acceptors (Lipinski definition) is 2. The van der Waals surface area contributed by atoms with Crippen LogP contribution in [0.4, 0.5) is 5.69 Å². The van der Waals surface area contributed by atoms with Gasteiger partial charge in [0.2, 0.25) is 0 Å². The third kappa shape index (κ3) is 3.50. The average molecular weight is 282 g/mol. The molecule has 0 bridgehead atoms. The minimum absolute atomic E-state index is 0.595. The Bertz CT molecular complexity index is 547. The van der Waals surface area contributed by atoms with Crippen LogP contribution in [0.3, 0.4) is 0 Å². The Morgan fingerprint density at radius 1 is 1.00 bits per heavy atom. The van der Waals surface area contributed by atoms with Gasteiger partial charge in [0.1, 0.15) is 0 Å². The number of nitrogens with zero attached hydrogens (tertiary/aromatic N) is 1. The summed E-state index contributed by atoms with van der Waals surface area (Å²) in [6.07, 6.45) is 1.72. The highest BCUT2D eigenvalue weighted by molar-refractivity contribution is 7.80. The molecule has 17 heavy (non-hydrogen) atoms. The lowest BCUT2D eigenvalue weighted by Crippen LogP contribution is -1.81. The molecule has 0 aliphatic carbocycles. The maximum absolute atomic E-state index is 5.90. The van der Waals surface area contributed by atoms with Crippen LogP contribution in [0.2, 0.25) is 10.0 Å². The number of benzene rings is 2. The van der Waals surface area contributed by atoms with Crippen LogP contribution < -0.4 is 0 Å². The third-order valence-electron chi connectivity index (χ3n) is 2.12. The zero-order chi connectivity index (χ0) is 12.3. The topological polar surface area (TPSA) is 12.4 Å². The molecule has 0 spiro atoms. The summed E-state index contributed by atoms with van der Waals surface area (Å²) in [7, 11) is 0. The van der Waals surface area contributed by atoms with Gasteiger partial charge in [0, 0.05) is 21.2 Å². The predicted molar refractivity (Wildman–Crippen MR) is 77.4 cm³/mol. The Hall–Kier alpha value is -0.960. The Morgan fingerprint density at radius 3 is 2.29 bits per heavy atom. The van der Waals surface area contributed by atoms with Gasteiger partial charge in [0.05, 0.1) is 5.69 Å². The van der Waals surface area contributed by atoms with E-state index in [0.717, 1.165) is 16.1 Å². The highest BCUT2D eigenvalue weighted by Gasteiger charge is 1.97. The third-order valence-corrected chi connectivity index (χ3v) is 2.93. The fourth-order valence-corrected chi connectivity index (χ4v) is 2.13. The van der Waals surface area contributed by atoms with Crippen molar-refractivity contribution in [1.29, 1.82) is 0 Å². The lowest BCUT2D eigenvalue weighted by molar-refractivity contribution is 1.39.